The van der Waals surface area contributed by atoms with E-state index in [4.69, 9.17) is 11.6 Å². The number of anilines is 1. The number of halogens is 1. The lowest BCUT2D eigenvalue weighted by atomic mass is 10.2. The number of benzene rings is 2. The molecule has 0 unspecified atom stereocenters. The fraction of sp³-hybridized carbons (Fsp3) is 0.118. The predicted molar refractivity (Wildman–Crippen MR) is 90.3 cm³/mol. The number of likely N-dealkylation sites (N-methyl/N-ethyl adjacent to an activating group) is 1. The van der Waals surface area contributed by atoms with Gasteiger partial charge in [-0.2, -0.15) is 5.10 Å². The minimum Gasteiger partial charge on any atom is -0.314 e. The van der Waals surface area contributed by atoms with Crippen LogP contribution in [-0.2, 0) is 11.3 Å². The molecule has 0 atom stereocenters. The number of rotatable bonds is 4. The van der Waals surface area contributed by atoms with Gasteiger partial charge in [-0.1, -0.05) is 41.9 Å². The fourth-order valence-electron chi connectivity index (χ4n) is 2.26. The molecule has 1 heterocycles. The second kappa shape index (κ2) is 6.62. The maximum atomic E-state index is 12.5. The van der Waals surface area contributed by atoms with E-state index in [0.717, 1.165) is 11.3 Å². The van der Waals surface area contributed by atoms with Crippen LogP contribution in [0.2, 0.25) is 5.02 Å². The van der Waals surface area contributed by atoms with Crippen molar-refractivity contribution in [2.24, 2.45) is 0 Å². The standard InChI is InChI=1S/C17H15ClN4O/c1-21(13-7-3-2-4-8-13)16(23)11-22-17(19-12-20-22)14-9-5-6-10-15(14)18/h2-10,12H,11H2,1H3. The number of aromatic nitrogens is 3. The van der Waals surface area contributed by atoms with Gasteiger partial charge in [-0.15, -0.1) is 0 Å². The van der Waals surface area contributed by atoms with Gasteiger partial charge in [-0.3, -0.25) is 4.79 Å². The van der Waals surface area contributed by atoms with E-state index in [1.54, 1.807) is 22.7 Å². The van der Waals surface area contributed by atoms with Crippen LogP contribution in [0.15, 0.2) is 60.9 Å². The lowest BCUT2D eigenvalue weighted by Gasteiger charge is -2.17. The summed E-state index contributed by atoms with van der Waals surface area (Å²) >= 11 is 6.21. The summed E-state index contributed by atoms with van der Waals surface area (Å²) in [5, 5.41) is 4.72. The third kappa shape index (κ3) is 3.24. The van der Waals surface area contributed by atoms with Gasteiger partial charge < -0.3 is 4.90 Å². The molecule has 0 saturated heterocycles. The van der Waals surface area contributed by atoms with Gasteiger partial charge in [0, 0.05) is 18.3 Å². The second-order valence-corrected chi connectivity index (χ2v) is 5.42. The number of hydrogen-bond acceptors (Lipinski definition) is 3. The topological polar surface area (TPSA) is 51.0 Å². The first kappa shape index (κ1) is 15.2. The van der Waals surface area contributed by atoms with E-state index >= 15 is 0 Å². The maximum Gasteiger partial charge on any atom is 0.248 e. The Kier molecular flexibility index (Phi) is 4.39. The van der Waals surface area contributed by atoms with E-state index in [1.807, 2.05) is 48.5 Å². The molecule has 5 nitrogen and oxygen atoms in total. The molecule has 6 heteroatoms. The molecule has 1 amide bonds. The minimum absolute atomic E-state index is 0.0880. The minimum atomic E-state index is -0.0880. The molecule has 3 aromatic rings. The summed E-state index contributed by atoms with van der Waals surface area (Å²) < 4.78 is 1.56. The molecular weight excluding hydrogens is 312 g/mol. The molecule has 23 heavy (non-hydrogen) atoms. The predicted octanol–water partition coefficient (Wildman–Crippen LogP) is 3.26. The van der Waals surface area contributed by atoms with Crippen LogP contribution in [0.5, 0.6) is 0 Å². The average Bonchev–Trinajstić information content (AvgIpc) is 3.03. The Labute approximate surface area is 139 Å². The molecule has 0 aliphatic heterocycles. The van der Waals surface area contributed by atoms with Gasteiger partial charge in [0.05, 0.1) is 5.02 Å². The number of amides is 1. The van der Waals surface area contributed by atoms with Crippen molar-refractivity contribution in [1.82, 2.24) is 14.8 Å². The van der Waals surface area contributed by atoms with E-state index < -0.39 is 0 Å². The highest BCUT2D eigenvalue weighted by Crippen LogP contribution is 2.25. The van der Waals surface area contributed by atoms with Gasteiger partial charge >= 0.3 is 0 Å². The number of carbonyl (C=O) groups is 1. The Morgan fingerprint density at radius 1 is 1.13 bits per heavy atom. The third-order valence-electron chi connectivity index (χ3n) is 3.53. The van der Waals surface area contributed by atoms with Crippen LogP contribution in [0.3, 0.4) is 0 Å². The Balaban J connectivity index is 1.83. The van der Waals surface area contributed by atoms with Crippen LogP contribution in [0.4, 0.5) is 5.69 Å². The Bertz CT molecular complexity index is 816. The lowest BCUT2D eigenvalue weighted by Crippen LogP contribution is -2.30. The van der Waals surface area contributed by atoms with Gasteiger partial charge in [-0.25, -0.2) is 9.67 Å². The van der Waals surface area contributed by atoms with Crippen LogP contribution in [0, 0.1) is 0 Å². The SMILES string of the molecule is CN(C(=O)Cn1ncnc1-c1ccccc1Cl)c1ccccc1. The largest absolute Gasteiger partial charge is 0.314 e. The smallest absolute Gasteiger partial charge is 0.248 e. The van der Waals surface area contributed by atoms with Crippen molar-refractivity contribution in [1.29, 1.82) is 0 Å². The van der Waals surface area contributed by atoms with E-state index in [2.05, 4.69) is 10.1 Å². The van der Waals surface area contributed by atoms with Crippen molar-refractivity contribution in [3.05, 3.63) is 65.9 Å². The van der Waals surface area contributed by atoms with Gasteiger partial charge in [0.25, 0.3) is 0 Å². The first-order valence-corrected chi connectivity index (χ1v) is 7.49. The third-order valence-corrected chi connectivity index (χ3v) is 3.86. The highest BCUT2D eigenvalue weighted by molar-refractivity contribution is 6.33. The van der Waals surface area contributed by atoms with E-state index in [1.165, 1.54) is 6.33 Å². The van der Waals surface area contributed by atoms with E-state index in [0.29, 0.717) is 10.8 Å². The zero-order chi connectivity index (χ0) is 16.2. The van der Waals surface area contributed by atoms with Gasteiger partial charge in [0.1, 0.15) is 12.9 Å². The maximum absolute atomic E-state index is 12.5. The van der Waals surface area contributed by atoms with Crippen LogP contribution in [-0.4, -0.2) is 27.7 Å². The molecule has 0 spiro atoms. The van der Waals surface area contributed by atoms with Crippen LogP contribution >= 0.6 is 11.6 Å². The number of carbonyl (C=O) groups excluding carboxylic acids is 1. The summed E-state index contributed by atoms with van der Waals surface area (Å²) in [4.78, 5) is 18.3. The van der Waals surface area contributed by atoms with Crippen LogP contribution < -0.4 is 4.90 Å². The molecule has 0 fully saturated rings. The van der Waals surface area contributed by atoms with E-state index in [9.17, 15) is 4.79 Å². The molecule has 0 aliphatic rings. The van der Waals surface area contributed by atoms with Crippen LogP contribution in [0.1, 0.15) is 0 Å². The first-order valence-electron chi connectivity index (χ1n) is 7.11. The molecule has 0 bridgehead atoms. The zero-order valence-corrected chi connectivity index (χ0v) is 13.3. The number of para-hydroxylation sites is 1. The Hall–Kier alpha value is -2.66. The van der Waals surface area contributed by atoms with Crippen molar-refractivity contribution in [2.45, 2.75) is 6.54 Å². The Morgan fingerprint density at radius 3 is 2.57 bits per heavy atom. The summed E-state index contributed by atoms with van der Waals surface area (Å²) in [5.41, 5.74) is 1.58. The van der Waals surface area contributed by atoms with Gasteiger partial charge in [0.15, 0.2) is 5.82 Å². The molecular formula is C17H15ClN4O. The highest BCUT2D eigenvalue weighted by Gasteiger charge is 2.16. The molecule has 3 rings (SSSR count). The fourth-order valence-corrected chi connectivity index (χ4v) is 2.48. The van der Waals surface area contributed by atoms with E-state index in [-0.39, 0.29) is 12.5 Å². The monoisotopic (exact) mass is 326 g/mol. The molecule has 116 valence electrons. The zero-order valence-electron chi connectivity index (χ0n) is 12.6. The molecule has 0 aliphatic carbocycles. The summed E-state index contributed by atoms with van der Waals surface area (Å²) in [6, 6.07) is 16.8. The van der Waals surface area contributed by atoms with Crippen molar-refractivity contribution in [3.8, 4) is 11.4 Å². The number of nitrogens with zero attached hydrogens (tertiary/aromatic N) is 4. The van der Waals surface area contributed by atoms with Crippen molar-refractivity contribution in [3.63, 3.8) is 0 Å². The molecule has 1 aromatic heterocycles. The summed E-state index contributed by atoms with van der Waals surface area (Å²) in [6.07, 6.45) is 1.43. The number of hydrogen-bond donors (Lipinski definition) is 0. The van der Waals surface area contributed by atoms with Gasteiger partial charge in [-0.05, 0) is 24.3 Å². The normalized spacial score (nSPS) is 10.5. The van der Waals surface area contributed by atoms with Crippen molar-refractivity contribution >= 4 is 23.2 Å². The lowest BCUT2D eigenvalue weighted by molar-refractivity contribution is -0.119. The van der Waals surface area contributed by atoms with Crippen molar-refractivity contribution < 1.29 is 4.79 Å². The molecule has 0 saturated carbocycles. The quantitative estimate of drug-likeness (QED) is 0.739. The summed E-state index contributed by atoms with van der Waals surface area (Å²) in [7, 11) is 1.74. The molecule has 0 radical (unpaired) electrons. The average molecular weight is 327 g/mol. The van der Waals surface area contributed by atoms with Crippen molar-refractivity contribution in [2.75, 3.05) is 11.9 Å². The van der Waals surface area contributed by atoms with Crippen LogP contribution in [0.25, 0.3) is 11.4 Å². The highest BCUT2D eigenvalue weighted by atomic mass is 35.5. The first-order chi connectivity index (χ1) is 11.2. The summed E-state index contributed by atoms with van der Waals surface area (Å²) in [6.45, 7) is 0.0892. The second-order valence-electron chi connectivity index (χ2n) is 5.01. The van der Waals surface area contributed by atoms with Gasteiger partial charge in [0.2, 0.25) is 5.91 Å². The summed E-state index contributed by atoms with van der Waals surface area (Å²) in [5.74, 6) is 0.486. The molecule has 0 N–H and O–H groups in total. The Morgan fingerprint density at radius 2 is 1.83 bits per heavy atom. The molecule has 2 aromatic carbocycles.